The molecule has 0 aliphatic carbocycles. The lowest BCUT2D eigenvalue weighted by molar-refractivity contribution is -0.122. The molecular weight excluding hydrogens is 320 g/mol. The summed E-state index contributed by atoms with van der Waals surface area (Å²) in [4.78, 5) is 17.3. The maximum absolute atomic E-state index is 12.9. The summed E-state index contributed by atoms with van der Waals surface area (Å²) in [5.41, 5.74) is 3.56. The van der Waals surface area contributed by atoms with Gasteiger partial charge in [0.1, 0.15) is 0 Å². The van der Waals surface area contributed by atoms with Crippen molar-refractivity contribution in [1.29, 1.82) is 0 Å². The number of piperidine rings is 1. The Balaban J connectivity index is 1.42. The maximum atomic E-state index is 12.9. The molecule has 2 aliphatic rings. The summed E-state index contributed by atoms with van der Waals surface area (Å²) >= 11 is 6.09. The van der Waals surface area contributed by atoms with Crippen molar-refractivity contribution >= 4 is 28.9 Å². The second-order valence-electron chi connectivity index (χ2n) is 6.61. The van der Waals surface area contributed by atoms with Gasteiger partial charge in [-0.15, -0.1) is 0 Å². The van der Waals surface area contributed by atoms with Crippen LogP contribution in [-0.2, 0) is 11.2 Å². The zero-order chi connectivity index (χ0) is 16.5. The molecule has 4 heteroatoms. The molecule has 0 radical (unpaired) electrons. The number of hydrogen-bond donors (Lipinski definition) is 0. The Bertz CT molecular complexity index is 753. The molecule has 2 aromatic rings. The number of amides is 1. The minimum atomic E-state index is 0.131. The first kappa shape index (κ1) is 15.5. The van der Waals surface area contributed by atoms with Crippen molar-refractivity contribution < 1.29 is 4.79 Å². The first-order chi connectivity index (χ1) is 11.7. The summed E-state index contributed by atoms with van der Waals surface area (Å²) in [5, 5.41) is 0.763. The molecule has 3 nitrogen and oxygen atoms in total. The lowest BCUT2D eigenvalue weighted by atomic mass is 9.94. The fourth-order valence-corrected chi connectivity index (χ4v) is 4.03. The third-order valence-corrected chi connectivity index (χ3v) is 5.41. The molecule has 0 N–H and O–H groups in total. The number of carbonyl (C=O) groups is 1. The van der Waals surface area contributed by atoms with E-state index in [2.05, 4.69) is 29.2 Å². The molecule has 24 heavy (non-hydrogen) atoms. The number of hydrogen-bond acceptors (Lipinski definition) is 2. The van der Waals surface area contributed by atoms with Crippen LogP contribution in [0.1, 0.15) is 18.4 Å². The van der Waals surface area contributed by atoms with Gasteiger partial charge in [0.25, 0.3) is 0 Å². The standard InChI is InChI=1S/C20H21ClN2O/c21-17-5-3-6-18(14-17)22-11-8-16(9-12-22)20(24)23-13-10-15-4-1-2-7-19(15)23/h1-7,14,16H,8-13H2. The smallest absolute Gasteiger partial charge is 0.230 e. The summed E-state index contributed by atoms with van der Waals surface area (Å²) in [7, 11) is 0. The normalized spacial score (nSPS) is 17.9. The van der Waals surface area contributed by atoms with E-state index < -0.39 is 0 Å². The van der Waals surface area contributed by atoms with Gasteiger partial charge in [-0.2, -0.15) is 0 Å². The van der Waals surface area contributed by atoms with E-state index in [-0.39, 0.29) is 5.92 Å². The third kappa shape index (κ3) is 2.89. The van der Waals surface area contributed by atoms with Crippen LogP contribution in [0.4, 0.5) is 11.4 Å². The molecule has 124 valence electrons. The minimum Gasteiger partial charge on any atom is -0.371 e. The first-order valence-electron chi connectivity index (χ1n) is 8.62. The largest absolute Gasteiger partial charge is 0.371 e. The highest BCUT2D eigenvalue weighted by molar-refractivity contribution is 6.30. The van der Waals surface area contributed by atoms with Crippen molar-refractivity contribution in [2.45, 2.75) is 19.3 Å². The van der Waals surface area contributed by atoms with Crippen LogP contribution in [0.2, 0.25) is 5.02 Å². The van der Waals surface area contributed by atoms with E-state index in [0.717, 1.165) is 55.3 Å². The molecule has 0 unspecified atom stereocenters. The van der Waals surface area contributed by atoms with Crippen LogP contribution >= 0.6 is 11.6 Å². The van der Waals surface area contributed by atoms with E-state index in [1.807, 2.05) is 29.2 Å². The van der Waals surface area contributed by atoms with Gasteiger partial charge in [-0.25, -0.2) is 0 Å². The van der Waals surface area contributed by atoms with Gasteiger partial charge in [-0.05, 0) is 49.1 Å². The van der Waals surface area contributed by atoms with E-state index in [9.17, 15) is 4.79 Å². The molecule has 2 aliphatic heterocycles. The van der Waals surface area contributed by atoms with E-state index in [1.165, 1.54) is 5.56 Å². The zero-order valence-electron chi connectivity index (χ0n) is 13.6. The van der Waals surface area contributed by atoms with E-state index >= 15 is 0 Å². The summed E-state index contributed by atoms with van der Waals surface area (Å²) in [6.45, 7) is 2.64. The van der Waals surface area contributed by atoms with Crippen molar-refractivity contribution in [3.63, 3.8) is 0 Å². The Hall–Kier alpha value is -2.00. The average Bonchev–Trinajstić information content (AvgIpc) is 3.05. The second-order valence-corrected chi connectivity index (χ2v) is 7.05. The van der Waals surface area contributed by atoms with Crippen molar-refractivity contribution in [2.75, 3.05) is 29.4 Å². The van der Waals surface area contributed by atoms with Crippen molar-refractivity contribution in [3.8, 4) is 0 Å². The minimum absolute atomic E-state index is 0.131. The van der Waals surface area contributed by atoms with Gasteiger partial charge in [-0.1, -0.05) is 35.9 Å². The van der Waals surface area contributed by atoms with Gasteiger partial charge in [0.2, 0.25) is 5.91 Å². The van der Waals surface area contributed by atoms with Gasteiger partial charge < -0.3 is 9.80 Å². The van der Waals surface area contributed by atoms with Gasteiger partial charge >= 0.3 is 0 Å². The first-order valence-corrected chi connectivity index (χ1v) is 9.00. The van der Waals surface area contributed by atoms with Gasteiger partial charge in [0.05, 0.1) is 0 Å². The number of para-hydroxylation sites is 1. The Morgan fingerprint density at radius 3 is 2.58 bits per heavy atom. The Labute approximate surface area is 147 Å². The van der Waals surface area contributed by atoms with Gasteiger partial charge in [0, 0.05) is 41.9 Å². The maximum Gasteiger partial charge on any atom is 0.230 e. The Kier molecular flexibility index (Phi) is 4.19. The molecule has 1 saturated heterocycles. The van der Waals surface area contributed by atoms with Crippen molar-refractivity contribution in [1.82, 2.24) is 0 Å². The molecule has 4 rings (SSSR count). The molecule has 0 atom stereocenters. The predicted octanol–water partition coefficient (Wildman–Crippen LogP) is 4.15. The lowest BCUT2D eigenvalue weighted by Gasteiger charge is -2.34. The number of rotatable bonds is 2. The molecule has 2 aromatic carbocycles. The van der Waals surface area contributed by atoms with Crippen molar-refractivity contribution in [2.24, 2.45) is 5.92 Å². The highest BCUT2D eigenvalue weighted by atomic mass is 35.5. The average molecular weight is 341 g/mol. The summed E-state index contributed by atoms with van der Waals surface area (Å²) in [6, 6.07) is 16.2. The van der Waals surface area contributed by atoms with Crippen LogP contribution < -0.4 is 9.80 Å². The third-order valence-electron chi connectivity index (χ3n) is 5.17. The molecule has 1 amide bonds. The highest BCUT2D eigenvalue weighted by Crippen LogP contribution is 2.32. The second kappa shape index (κ2) is 6.48. The number of fused-ring (bicyclic) bond motifs is 1. The van der Waals surface area contributed by atoms with Gasteiger partial charge in [-0.3, -0.25) is 4.79 Å². The van der Waals surface area contributed by atoms with Crippen LogP contribution in [0.5, 0.6) is 0 Å². The quantitative estimate of drug-likeness (QED) is 0.820. The number of anilines is 2. The number of benzene rings is 2. The Morgan fingerprint density at radius 1 is 1.00 bits per heavy atom. The highest BCUT2D eigenvalue weighted by Gasteiger charge is 2.32. The van der Waals surface area contributed by atoms with E-state index in [0.29, 0.717) is 5.91 Å². The monoisotopic (exact) mass is 340 g/mol. The van der Waals surface area contributed by atoms with Crippen LogP contribution in [0, 0.1) is 5.92 Å². The number of carbonyl (C=O) groups excluding carboxylic acids is 1. The number of nitrogens with zero attached hydrogens (tertiary/aromatic N) is 2. The lowest BCUT2D eigenvalue weighted by Crippen LogP contribution is -2.42. The van der Waals surface area contributed by atoms with Crippen LogP contribution in [0.25, 0.3) is 0 Å². The SMILES string of the molecule is O=C(C1CCN(c2cccc(Cl)c2)CC1)N1CCc2ccccc21. The molecule has 2 heterocycles. The summed E-state index contributed by atoms with van der Waals surface area (Å²) < 4.78 is 0. The zero-order valence-corrected chi connectivity index (χ0v) is 14.4. The molecule has 1 fully saturated rings. The number of halogens is 1. The predicted molar refractivity (Wildman–Crippen MR) is 98.9 cm³/mol. The van der Waals surface area contributed by atoms with E-state index in [1.54, 1.807) is 0 Å². The van der Waals surface area contributed by atoms with Crippen LogP contribution in [-0.4, -0.2) is 25.5 Å². The molecule has 0 spiro atoms. The van der Waals surface area contributed by atoms with Crippen LogP contribution in [0.3, 0.4) is 0 Å². The Morgan fingerprint density at radius 2 is 1.79 bits per heavy atom. The van der Waals surface area contributed by atoms with Gasteiger partial charge in [0.15, 0.2) is 0 Å². The van der Waals surface area contributed by atoms with Crippen LogP contribution in [0.15, 0.2) is 48.5 Å². The molecular formula is C20H21ClN2O. The topological polar surface area (TPSA) is 23.6 Å². The fraction of sp³-hybridized carbons (Fsp3) is 0.350. The summed E-state index contributed by atoms with van der Waals surface area (Å²) in [6.07, 6.45) is 2.79. The summed E-state index contributed by atoms with van der Waals surface area (Å²) in [5.74, 6) is 0.428. The molecule has 0 bridgehead atoms. The van der Waals surface area contributed by atoms with E-state index in [4.69, 9.17) is 11.6 Å². The molecule has 0 aromatic heterocycles. The fourth-order valence-electron chi connectivity index (χ4n) is 3.85. The van der Waals surface area contributed by atoms with Crippen molar-refractivity contribution in [3.05, 3.63) is 59.1 Å². The molecule has 0 saturated carbocycles.